The van der Waals surface area contributed by atoms with Crippen LogP contribution in [0.2, 0.25) is 0 Å². The molecule has 5 heteroatoms. The van der Waals surface area contributed by atoms with Crippen LogP contribution >= 0.6 is 10.8 Å². The SMILES string of the molecule is CCOC(=O)C1=C(C(CC)CC)c2ccc(OCCCc3ccccc3)cc2/C1=S(/C)O. The average molecular weight is 455 g/mol. The summed E-state index contributed by atoms with van der Waals surface area (Å²) >= 11 is 0. The van der Waals surface area contributed by atoms with E-state index in [1.807, 2.05) is 31.2 Å². The summed E-state index contributed by atoms with van der Waals surface area (Å²) in [5.74, 6) is 0.639. The van der Waals surface area contributed by atoms with Crippen LogP contribution in [-0.2, 0) is 16.0 Å². The van der Waals surface area contributed by atoms with Gasteiger partial charge in [-0.3, -0.25) is 0 Å². The van der Waals surface area contributed by atoms with E-state index in [1.165, 1.54) is 5.56 Å². The Labute approximate surface area is 194 Å². The zero-order chi connectivity index (χ0) is 23.1. The standard InChI is InChI=1S/C27H34O4S/c1-5-20(6-2)24-22-16-15-21(31-17-11-14-19-12-9-8-10-13-19)18-23(22)26(32(4)29)25(24)27(28)30-7-3/h8-10,12-13,15-16,18,20,29H,5-7,11,14,17H2,1-4H3. The van der Waals surface area contributed by atoms with Gasteiger partial charge in [0, 0.05) is 16.7 Å². The van der Waals surface area contributed by atoms with Crippen LogP contribution in [-0.4, -0.2) is 34.9 Å². The van der Waals surface area contributed by atoms with Gasteiger partial charge in [-0.1, -0.05) is 61.0 Å². The molecule has 0 fully saturated rings. The Bertz CT molecular complexity index is 1000. The predicted octanol–water partition coefficient (Wildman–Crippen LogP) is 6.36. The molecule has 0 bridgehead atoms. The molecule has 0 saturated carbocycles. The lowest BCUT2D eigenvalue weighted by molar-refractivity contribution is -0.137. The Morgan fingerprint density at radius 2 is 1.75 bits per heavy atom. The van der Waals surface area contributed by atoms with Crippen LogP contribution in [0.1, 0.15) is 56.7 Å². The fourth-order valence-electron chi connectivity index (χ4n) is 4.37. The summed E-state index contributed by atoms with van der Waals surface area (Å²) < 4.78 is 22.1. The molecule has 172 valence electrons. The van der Waals surface area contributed by atoms with Crippen molar-refractivity contribution in [3.63, 3.8) is 0 Å². The molecule has 1 unspecified atom stereocenters. The molecule has 2 aromatic rings. The highest BCUT2D eigenvalue weighted by Crippen LogP contribution is 2.44. The molecular formula is C27H34O4S. The Hall–Kier alpha value is -2.37. The number of esters is 1. The third-order valence-electron chi connectivity index (χ3n) is 5.91. The first kappa shape index (κ1) is 24.3. The third kappa shape index (κ3) is 5.33. The molecule has 0 heterocycles. The summed E-state index contributed by atoms with van der Waals surface area (Å²) in [6.45, 7) is 6.99. The van der Waals surface area contributed by atoms with Gasteiger partial charge in [0.1, 0.15) is 5.75 Å². The van der Waals surface area contributed by atoms with E-state index < -0.39 is 10.8 Å². The van der Waals surface area contributed by atoms with Crippen molar-refractivity contribution < 1.29 is 18.8 Å². The van der Waals surface area contributed by atoms with Gasteiger partial charge >= 0.3 is 5.97 Å². The fourth-order valence-corrected chi connectivity index (χ4v) is 5.35. The Morgan fingerprint density at radius 1 is 1.03 bits per heavy atom. The number of rotatable bonds is 10. The number of carbonyl (C=O) groups excluding carboxylic acids is 1. The Balaban J connectivity index is 1.88. The number of ether oxygens (including phenoxy) is 2. The van der Waals surface area contributed by atoms with Gasteiger partial charge in [-0.2, -0.15) is 0 Å². The van der Waals surface area contributed by atoms with E-state index in [2.05, 4.69) is 38.1 Å². The number of benzene rings is 2. The van der Waals surface area contributed by atoms with Crippen molar-refractivity contribution >= 4 is 27.2 Å². The number of aryl methyl sites for hydroxylation is 1. The van der Waals surface area contributed by atoms with Crippen LogP contribution in [0.4, 0.5) is 0 Å². The number of allylic oxidation sites excluding steroid dienone is 1. The van der Waals surface area contributed by atoms with Gasteiger partial charge in [0.25, 0.3) is 0 Å². The minimum absolute atomic E-state index is 0.229. The van der Waals surface area contributed by atoms with Crippen LogP contribution < -0.4 is 4.74 Å². The van der Waals surface area contributed by atoms with Crippen LogP contribution in [0.5, 0.6) is 5.75 Å². The third-order valence-corrected chi connectivity index (χ3v) is 6.93. The van der Waals surface area contributed by atoms with Crippen molar-refractivity contribution in [3.8, 4) is 5.75 Å². The fraction of sp³-hybridized carbons (Fsp3) is 0.407. The van der Waals surface area contributed by atoms with E-state index in [0.717, 1.165) is 48.1 Å². The highest BCUT2D eigenvalue weighted by molar-refractivity contribution is 8.11. The predicted molar refractivity (Wildman–Crippen MR) is 135 cm³/mol. The van der Waals surface area contributed by atoms with Crippen molar-refractivity contribution in [1.29, 1.82) is 0 Å². The molecule has 0 saturated heterocycles. The molecule has 0 aliphatic heterocycles. The lowest BCUT2D eigenvalue weighted by Crippen LogP contribution is -2.16. The summed E-state index contributed by atoms with van der Waals surface area (Å²) in [5, 5.41) is 0. The molecule has 0 aromatic heterocycles. The van der Waals surface area contributed by atoms with Crippen LogP contribution in [0.3, 0.4) is 0 Å². The molecule has 0 radical (unpaired) electrons. The molecule has 3 rings (SSSR count). The number of hydrogen-bond donors (Lipinski definition) is 1. The van der Waals surface area contributed by atoms with Crippen LogP contribution in [0.15, 0.2) is 54.1 Å². The van der Waals surface area contributed by atoms with E-state index >= 15 is 0 Å². The largest absolute Gasteiger partial charge is 0.494 e. The van der Waals surface area contributed by atoms with E-state index in [0.29, 0.717) is 23.7 Å². The second-order valence-corrected chi connectivity index (χ2v) is 9.34. The first-order valence-electron chi connectivity index (χ1n) is 11.5. The van der Waals surface area contributed by atoms with Gasteiger partial charge in [0.05, 0.1) is 18.8 Å². The molecule has 2 aromatic carbocycles. The molecule has 1 aliphatic carbocycles. The molecule has 1 N–H and O–H groups in total. The van der Waals surface area contributed by atoms with E-state index in [9.17, 15) is 9.35 Å². The highest BCUT2D eigenvalue weighted by atomic mass is 32.2. The molecule has 32 heavy (non-hydrogen) atoms. The molecule has 0 spiro atoms. The van der Waals surface area contributed by atoms with Gasteiger partial charge < -0.3 is 14.0 Å². The van der Waals surface area contributed by atoms with Gasteiger partial charge in [-0.15, -0.1) is 0 Å². The van der Waals surface area contributed by atoms with Crippen LogP contribution in [0, 0.1) is 5.92 Å². The van der Waals surface area contributed by atoms with Crippen molar-refractivity contribution in [2.75, 3.05) is 19.5 Å². The number of hydrogen-bond acceptors (Lipinski definition) is 4. The minimum Gasteiger partial charge on any atom is -0.494 e. The monoisotopic (exact) mass is 454 g/mol. The number of fused-ring (bicyclic) bond motifs is 1. The topological polar surface area (TPSA) is 55.8 Å². The number of carbonyl (C=O) groups is 1. The summed E-state index contributed by atoms with van der Waals surface area (Å²) in [5.41, 5.74) is 4.76. The maximum absolute atomic E-state index is 13.0. The zero-order valence-electron chi connectivity index (χ0n) is 19.5. The van der Waals surface area contributed by atoms with Gasteiger partial charge in [0.2, 0.25) is 0 Å². The normalized spacial score (nSPS) is 15.1. The first-order chi connectivity index (χ1) is 15.5. The van der Waals surface area contributed by atoms with Crippen molar-refractivity contribution in [3.05, 3.63) is 70.8 Å². The van der Waals surface area contributed by atoms with Crippen molar-refractivity contribution in [2.45, 2.75) is 46.5 Å². The van der Waals surface area contributed by atoms with Crippen molar-refractivity contribution in [2.24, 2.45) is 5.92 Å². The Morgan fingerprint density at radius 3 is 2.38 bits per heavy atom. The summed E-state index contributed by atoms with van der Waals surface area (Å²) in [6, 6.07) is 16.4. The molecule has 0 amide bonds. The molecule has 1 aliphatic rings. The molecule has 1 atom stereocenters. The molecule has 4 nitrogen and oxygen atoms in total. The quantitative estimate of drug-likeness (QED) is 0.258. The lowest BCUT2D eigenvalue weighted by atomic mass is 9.88. The highest BCUT2D eigenvalue weighted by Gasteiger charge is 2.36. The van der Waals surface area contributed by atoms with E-state index in [-0.39, 0.29) is 11.9 Å². The summed E-state index contributed by atoms with van der Waals surface area (Å²) in [6.07, 6.45) is 5.46. The van der Waals surface area contributed by atoms with Crippen LogP contribution in [0.25, 0.3) is 5.57 Å². The van der Waals surface area contributed by atoms with E-state index in [1.54, 1.807) is 6.26 Å². The average Bonchev–Trinajstić information content (AvgIpc) is 3.13. The zero-order valence-corrected chi connectivity index (χ0v) is 20.3. The van der Waals surface area contributed by atoms with Gasteiger partial charge in [-0.05, 0) is 67.4 Å². The summed E-state index contributed by atoms with van der Waals surface area (Å²) in [4.78, 5) is 13.6. The maximum Gasteiger partial charge on any atom is 0.339 e. The summed E-state index contributed by atoms with van der Waals surface area (Å²) in [7, 11) is -1.09. The molecular weight excluding hydrogens is 420 g/mol. The van der Waals surface area contributed by atoms with E-state index in [4.69, 9.17) is 9.47 Å². The smallest absolute Gasteiger partial charge is 0.339 e. The first-order valence-corrected chi connectivity index (χ1v) is 13.1. The van der Waals surface area contributed by atoms with Gasteiger partial charge in [-0.25, -0.2) is 4.79 Å². The second kappa shape index (κ2) is 11.5. The maximum atomic E-state index is 13.0. The van der Waals surface area contributed by atoms with Gasteiger partial charge in [0.15, 0.2) is 0 Å². The van der Waals surface area contributed by atoms with Crippen molar-refractivity contribution in [1.82, 2.24) is 0 Å². The Kier molecular flexibility index (Phi) is 8.71. The second-order valence-electron chi connectivity index (χ2n) is 7.97. The minimum atomic E-state index is -1.09. The lowest BCUT2D eigenvalue weighted by Gasteiger charge is -2.17.